The fourth-order valence-electron chi connectivity index (χ4n) is 1.79. The average molecular weight is 250 g/mol. The molecular weight excluding hydrogens is 236 g/mol. The molecule has 1 amide bonds. The molecule has 6 heteroatoms. The van der Waals surface area contributed by atoms with E-state index in [9.17, 15) is 9.59 Å². The summed E-state index contributed by atoms with van der Waals surface area (Å²) < 4.78 is 5.33. The van der Waals surface area contributed by atoms with Gasteiger partial charge >= 0.3 is 5.97 Å². The van der Waals surface area contributed by atoms with Gasteiger partial charge in [-0.2, -0.15) is 0 Å². The standard InChI is InChI=1S/C12H14N2O4/c15-11(9-3-1-2-6-18-9)14-10-7-8(12(16)17)4-5-13-10/h4-5,7,9H,1-3,6H2,(H,16,17)(H,13,14,15). The van der Waals surface area contributed by atoms with Gasteiger partial charge in [0, 0.05) is 12.8 Å². The van der Waals surface area contributed by atoms with Crippen LogP contribution in [-0.2, 0) is 9.53 Å². The molecule has 2 heterocycles. The highest BCUT2D eigenvalue weighted by Gasteiger charge is 2.22. The molecule has 2 N–H and O–H groups in total. The zero-order valence-electron chi connectivity index (χ0n) is 9.76. The molecule has 18 heavy (non-hydrogen) atoms. The van der Waals surface area contributed by atoms with Crippen molar-refractivity contribution in [3.05, 3.63) is 23.9 Å². The van der Waals surface area contributed by atoms with Crippen molar-refractivity contribution < 1.29 is 19.4 Å². The van der Waals surface area contributed by atoms with Crippen LogP contribution in [0.5, 0.6) is 0 Å². The van der Waals surface area contributed by atoms with E-state index in [2.05, 4.69) is 10.3 Å². The van der Waals surface area contributed by atoms with Crippen LogP contribution in [0.4, 0.5) is 5.82 Å². The molecule has 0 bridgehead atoms. The second kappa shape index (κ2) is 5.59. The summed E-state index contributed by atoms with van der Waals surface area (Å²) in [5.74, 6) is -1.10. The first-order valence-electron chi connectivity index (χ1n) is 5.78. The van der Waals surface area contributed by atoms with Crippen molar-refractivity contribution in [2.24, 2.45) is 0 Å². The smallest absolute Gasteiger partial charge is 0.335 e. The van der Waals surface area contributed by atoms with Crippen molar-refractivity contribution >= 4 is 17.7 Å². The maximum Gasteiger partial charge on any atom is 0.335 e. The molecular formula is C12H14N2O4. The van der Waals surface area contributed by atoms with E-state index in [1.165, 1.54) is 18.3 Å². The van der Waals surface area contributed by atoms with E-state index in [0.717, 1.165) is 12.8 Å². The second-order valence-electron chi connectivity index (χ2n) is 4.08. The molecule has 0 aromatic carbocycles. The van der Waals surface area contributed by atoms with Crippen LogP contribution in [0.15, 0.2) is 18.3 Å². The molecule has 1 aliphatic heterocycles. The SMILES string of the molecule is O=C(O)c1ccnc(NC(=O)C2CCCCO2)c1. The van der Waals surface area contributed by atoms with Crippen LogP contribution in [-0.4, -0.2) is 34.7 Å². The maximum absolute atomic E-state index is 11.8. The number of hydrogen-bond acceptors (Lipinski definition) is 4. The molecule has 6 nitrogen and oxygen atoms in total. The molecule has 0 spiro atoms. The number of nitrogens with one attached hydrogen (secondary N) is 1. The molecule has 1 saturated heterocycles. The summed E-state index contributed by atoms with van der Waals surface area (Å²) in [7, 11) is 0. The van der Waals surface area contributed by atoms with Crippen molar-refractivity contribution in [2.45, 2.75) is 25.4 Å². The summed E-state index contributed by atoms with van der Waals surface area (Å²) in [4.78, 5) is 26.5. The minimum atomic E-state index is -1.05. The van der Waals surface area contributed by atoms with E-state index in [1.54, 1.807) is 0 Å². The number of rotatable bonds is 3. The lowest BCUT2D eigenvalue weighted by Crippen LogP contribution is -2.33. The summed E-state index contributed by atoms with van der Waals surface area (Å²) in [6.07, 6.45) is 3.50. The van der Waals surface area contributed by atoms with Gasteiger partial charge in [0.05, 0.1) is 5.56 Å². The molecule has 0 saturated carbocycles. The van der Waals surface area contributed by atoms with Gasteiger partial charge in [0.1, 0.15) is 11.9 Å². The Hall–Kier alpha value is -1.95. The van der Waals surface area contributed by atoms with Crippen molar-refractivity contribution in [1.82, 2.24) is 4.98 Å². The van der Waals surface area contributed by atoms with Crippen LogP contribution in [0.3, 0.4) is 0 Å². The number of carbonyl (C=O) groups is 2. The molecule has 96 valence electrons. The third kappa shape index (κ3) is 3.04. The number of aromatic nitrogens is 1. The Morgan fingerprint density at radius 2 is 2.28 bits per heavy atom. The highest BCUT2D eigenvalue weighted by molar-refractivity contribution is 5.95. The normalized spacial score (nSPS) is 19.2. The number of ether oxygens (including phenoxy) is 1. The summed E-state index contributed by atoms with van der Waals surface area (Å²) in [5.41, 5.74) is 0.0878. The molecule has 1 aliphatic rings. The van der Waals surface area contributed by atoms with Crippen molar-refractivity contribution in [3.63, 3.8) is 0 Å². The number of nitrogens with zero attached hydrogens (tertiary/aromatic N) is 1. The minimum absolute atomic E-state index is 0.0878. The Balaban J connectivity index is 2.02. The topological polar surface area (TPSA) is 88.5 Å². The minimum Gasteiger partial charge on any atom is -0.478 e. The van der Waals surface area contributed by atoms with Gasteiger partial charge in [-0.05, 0) is 31.4 Å². The van der Waals surface area contributed by atoms with Gasteiger partial charge in [-0.1, -0.05) is 0 Å². The lowest BCUT2D eigenvalue weighted by Gasteiger charge is -2.21. The molecule has 1 aromatic heterocycles. The highest BCUT2D eigenvalue weighted by atomic mass is 16.5. The van der Waals surface area contributed by atoms with Crippen molar-refractivity contribution in [2.75, 3.05) is 11.9 Å². The van der Waals surface area contributed by atoms with Gasteiger partial charge in [0.15, 0.2) is 0 Å². The molecule has 1 aromatic rings. The molecule has 0 aliphatic carbocycles. The third-order valence-corrected chi connectivity index (χ3v) is 2.73. The van der Waals surface area contributed by atoms with Gasteiger partial charge in [-0.15, -0.1) is 0 Å². The Morgan fingerprint density at radius 3 is 2.94 bits per heavy atom. The fourth-order valence-corrected chi connectivity index (χ4v) is 1.79. The molecule has 2 rings (SSSR count). The molecule has 1 fully saturated rings. The highest BCUT2D eigenvalue weighted by Crippen LogP contribution is 2.15. The zero-order chi connectivity index (χ0) is 13.0. The van der Waals surface area contributed by atoms with Crippen LogP contribution in [0, 0.1) is 0 Å². The number of carboxylic acid groups (broad SMARTS) is 1. The Labute approximate surface area is 104 Å². The van der Waals surface area contributed by atoms with Gasteiger partial charge in [0.25, 0.3) is 5.91 Å². The van der Waals surface area contributed by atoms with E-state index >= 15 is 0 Å². The molecule has 0 radical (unpaired) electrons. The number of hydrogen-bond donors (Lipinski definition) is 2. The first kappa shape index (κ1) is 12.5. The van der Waals surface area contributed by atoms with E-state index < -0.39 is 12.1 Å². The predicted molar refractivity (Wildman–Crippen MR) is 63.4 cm³/mol. The van der Waals surface area contributed by atoms with E-state index in [0.29, 0.717) is 13.0 Å². The van der Waals surface area contributed by atoms with Crippen molar-refractivity contribution in [3.8, 4) is 0 Å². The Morgan fingerprint density at radius 1 is 1.44 bits per heavy atom. The van der Waals surface area contributed by atoms with Crippen molar-refractivity contribution in [1.29, 1.82) is 0 Å². The van der Waals surface area contributed by atoms with Crippen LogP contribution in [0.2, 0.25) is 0 Å². The van der Waals surface area contributed by atoms with Crippen LogP contribution in [0.25, 0.3) is 0 Å². The number of amides is 1. The number of aromatic carboxylic acids is 1. The first-order chi connectivity index (χ1) is 8.66. The quantitative estimate of drug-likeness (QED) is 0.843. The zero-order valence-corrected chi connectivity index (χ0v) is 9.76. The lowest BCUT2D eigenvalue weighted by molar-refractivity contribution is -0.130. The number of carboxylic acids is 1. The van der Waals surface area contributed by atoms with Gasteiger partial charge in [0.2, 0.25) is 0 Å². The van der Waals surface area contributed by atoms with Gasteiger partial charge < -0.3 is 15.2 Å². The summed E-state index contributed by atoms with van der Waals surface area (Å²) in [6, 6.07) is 2.69. The van der Waals surface area contributed by atoms with E-state index in [1.807, 2.05) is 0 Å². The summed E-state index contributed by atoms with van der Waals surface area (Å²) in [6.45, 7) is 0.584. The average Bonchev–Trinajstić information content (AvgIpc) is 2.40. The Kier molecular flexibility index (Phi) is 3.88. The number of anilines is 1. The number of carbonyl (C=O) groups excluding carboxylic acids is 1. The van der Waals surface area contributed by atoms with Gasteiger partial charge in [-0.3, -0.25) is 4.79 Å². The number of pyridine rings is 1. The third-order valence-electron chi connectivity index (χ3n) is 2.73. The largest absolute Gasteiger partial charge is 0.478 e. The summed E-state index contributed by atoms with van der Waals surface area (Å²) in [5, 5.41) is 11.4. The van der Waals surface area contributed by atoms with E-state index in [4.69, 9.17) is 9.84 Å². The monoisotopic (exact) mass is 250 g/mol. The fraction of sp³-hybridized carbons (Fsp3) is 0.417. The van der Waals surface area contributed by atoms with E-state index in [-0.39, 0.29) is 17.3 Å². The summed E-state index contributed by atoms with van der Waals surface area (Å²) >= 11 is 0. The van der Waals surface area contributed by atoms with Crippen LogP contribution < -0.4 is 5.32 Å². The van der Waals surface area contributed by atoms with Crippen LogP contribution in [0.1, 0.15) is 29.6 Å². The first-order valence-corrected chi connectivity index (χ1v) is 5.78. The van der Waals surface area contributed by atoms with Crippen LogP contribution >= 0.6 is 0 Å². The predicted octanol–water partition coefficient (Wildman–Crippen LogP) is 1.29. The Bertz CT molecular complexity index is 455. The lowest BCUT2D eigenvalue weighted by atomic mass is 10.1. The molecule has 1 atom stereocenters. The van der Waals surface area contributed by atoms with Gasteiger partial charge in [-0.25, -0.2) is 9.78 Å². The maximum atomic E-state index is 11.8. The second-order valence-corrected chi connectivity index (χ2v) is 4.08. The molecule has 1 unspecified atom stereocenters.